The van der Waals surface area contributed by atoms with E-state index < -0.39 is 0 Å². The van der Waals surface area contributed by atoms with Gasteiger partial charge in [-0.2, -0.15) is 0 Å². The number of carbonyl (C=O) groups is 1. The standard InChI is InChI=1S/C12H21N5O/c1-9-4-3-6-17(10(9)2)12(18)11-8-16(7-5-13)15-14-11/h8-10H,3-7,13H2,1-2H3. The Balaban J connectivity index is 2.09. The van der Waals surface area contributed by atoms with Crippen LogP contribution in [-0.4, -0.2) is 44.9 Å². The zero-order valence-electron chi connectivity index (χ0n) is 11.0. The van der Waals surface area contributed by atoms with Crippen molar-refractivity contribution in [1.82, 2.24) is 19.9 Å². The average molecular weight is 251 g/mol. The van der Waals surface area contributed by atoms with Crippen LogP contribution >= 0.6 is 0 Å². The highest BCUT2D eigenvalue weighted by molar-refractivity contribution is 5.92. The van der Waals surface area contributed by atoms with Gasteiger partial charge in [-0.1, -0.05) is 12.1 Å². The number of nitrogens with zero attached hydrogens (tertiary/aromatic N) is 4. The first-order valence-corrected chi connectivity index (χ1v) is 6.54. The molecular weight excluding hydrogens is 230 g/mol. The Kier molecular flexibility index (Phi) is 3.96. The molecule has 0 bridgehead atoms. The molecule has 1 aliphatic rings. The number of rotatable bonds is 3. The van der Waals surface area contributed by atoms with Gasteiger partial charge in [-0.15, -0.1) is 5.10 Å². The van der Waals surface area contributed by atoms with Crippen molar-refractivity contribution in [2.45, 2.75) is 39.3 Å². The van der Waals surface area contributed by atoms with E-state index in [4.69, 9.17) is 5.73 Å². The van der Waals surface area contributed by atoms with Crippen molar-refractivity contribution in [3.8, 4) is 0 Å². The Morgan fingerprint density at radius 3 is 3.06 bits per heavy atom. The molecule has 0 radical (unpaired) electrons. The van der Waals surface area contributed by atoms with Crippen LogP contribution in [0.25, 0.3) is 0 Å². The maximum atomic E-state index is 12.4. The summed E-state index contributed by atoms with van der Waals surface area (Å²) in [6, 6.07) is 0.269. The second-order valence-corrected chi connectivity index (χ2v) is 5.01. The number of likely N-dealkylation sites (tertiary alicyclic amines) is 1. The highest BCUT2D eigenvalue weighted by Crippen LogP contribution is 2.23. The zero-order chi connectivity index (χ0) is 13.1. The van der Waals surface area contributed by atoms with Gasteiger partial charge in [-0.25, -0.2) is 0 Å². The molecule has 6 nitrogen and oxygen atoms in total. The summed E-state index contributed by atoms with van der Waals surface area (Å²) in [5, 5.41) is 7.84. The number of aromatic nitrogens is 3. The van der Waals surface area contributed by atoms with Crippen LogP contribution in [0.5, 0.6) is 0 Å². The topological polar surface area (TPSA) is 77.0 Å². The first kappa shape index (κ1) is 13.0. The Morgan fingerprint density at radius 1 is 1.56 bits per heavy atom. The van der Waals surface area contributed by atoms with Gasteiger partial charge in [0.1, 0.15) is 0 Å². The van der Waals surface area contributed by atoms with Gasteiger partial charge in [0.15, 0.2) is 5.69 Å². The fourth-order valence-electron chi connectivity index (χ4n) is 2.41. The Hall–Kier alpha value is -1.43. The minimum absolute atomic E-state index is 0.0164. The lowest BCUT2D eigenvalue weighted by Gasteiger charge is -2.37. The van der Waals surface area contributed by atoms with E-state index in [1.165, 1.54) is 6.42 Å². The Labute approximate surface area is 107 Å². The van der Waals surface area contributed by atoms with E-state index in [-0.39, 0.29) is 11.9 Å². The SMILES string of the molecule is CC1CCCN(C(=O)c2cn(CCN)nn2)C1C. The van der Waals surface area contributed by atoms with E-state index in [1.54, 1.807) is 10.9 Å². The molecule has 2 heterocycles. The van der Waals surface area contributed by atoms with Crippen LogP contribution < -0.4 is 5.73 Å². The molecule has 18 heavy (non-hydrogen) atoms. The zero-order valence-corrected chi connectivity index (χ0v) is 11.0. The highest BCUT2D eigenvalue weighted by Gasteiger charge is 2.30. The molecule has 2 atom stereocenters. The lowest BCUT2D eigenvalue weighted by molar-refractivity contribution is 0.0545. The number of nitrogens with two attached hydrogens (primary N) is 1. The number of piperidine rings is 1. The summed E-state index contributed by atoms with van der Waals surface area (Å²) in [7, 11) is 0. The van der Waals surface area contributed by atoms with Crippen molar-refractivity contribution in [2.75, 3.05) is 13.1 Å². The number of hydrogen-bond donors (Lipinski definition) is 1. The van der Waals surface area contributed by atoms with E-state index in [0.29, 0.717) is 24.7 Å². The largest absolute Gasteiger partial charge is 0.334 e. The summed E-state index contributed by atoms with van der Waals surface area (Å²) in [5.41, 5.74) is 5.87. The van der Waals surface area contributed by atoms with Gasteiger partial charge in [-0.3, -0.25) is 9.48 Å². The van der Waals surface area contributed by atoms with E-state index >= 15 is 0 Å². The van der Waals surface area contributed by atoms with Crippen LogP contribution in [0, 0.1) is 5.92 Å². The highest BCUT2D eigenvalue weighted by atomic mass is 16.2. The minimum Gasteiger partial charge on any atom is -0.334 e. The van der Waals surface area contributed by atoms with Crippen LogP contribution in [0.3, 0.4) is 0 Å². The second kappa shape index (κ2) is 5.48. The van der Waals surface area contributed by atoms with Crippen molar-refractivity contribution < 1.29 is 4.79 Å². The molecule has 0 spiro atoms. The molecule has 1 fully saturated rings. The second-order valence-electron chi connectivity index (χ2n) is 5.01. The van der Waals surface area contributed by atoms with Crippen molar-refractivity contribution in [1.29, 1.82) is 0 Å². The van der Waals surface area contributed by atoms with Gasteiger partial charge >= 0.3 is 0 Å². The van der Waals surface area contributed by atoms with E-state index in [0.717, 1.165) is 13.0 Å². The van der Waals surface area contributed by atoms with E-state index in [2.05, 4.69) is 24.2 Å². The molecule has 2 unspecified atom stereocenters. The van der Waals surface area contributed by atoms with Crippen LogP contribution in [0.15, 0.2) is 6.20 Å². The quantitative estimate of drug-likeness (QED) is 0.848. The van der Waals surface area contributed by atoms with Crippen molar-refractivity contribution in [3.63, 3.8) is 0 Å². The lowest BCUT2D eigenvalue weighted by Crippen LogP contribution is -2.46. The maximum Gasteiger partial charge on any atom is 0.276 e. The molecule has 0 aromatic carbocycles. The first-order valence-electron chi connectivity index (χ1n) is 6.54. The molecule has 2 rings (SSSR count). The normalized spacial score (nSPS) is 24.3. The molecule has 0 aliphatic carbocycles. The van der Waals surface area contributed by atoms with Crippen LogP contribution in [0.4, 0.5) is 0 Å². The van der Waals surface area contributed by atoms with Crippen LogP contribution in [-0.2, 0) is 6.54 Å². The molecule has 1 saturated heterocycles. The first-order chi connectivity index (χ1) is 8.63. The van der Waals surface area contributed by atoms with Crippen molar-refractivity contribution in [2.24, 2.45) is 11.7 Å². The Morgan fingerprint density at radius 2 is 2.33 bits per heavy atom. The maximum absolute atomic E-state index is 12.4. The number of carbonyl (C=O) groups excluding carboxylic acids is 1. The molecule has 0 saturated carbocycles. The van der Waals surface area contributed by atoms with Crippen LogP contribution in [0.2, 0.25) is 0 Å². The van der Waals surface area contributed by atoms with Gasteiger partial charge in [0.05, 0.1) is 12.7 Å². The summed E-state index contributed by atoms with van der Waals surface area (Å²) in [5.74, 6) is 0.527. The third kappa shape index (κ3) is 2.53. The lowest BCUT2D eigenvalue weighted by atomic mass is 9.92. The summed E-state index contributed by atoms with van der Waals surface area (Å²) in [4.78, 5) is 14.3. The van der Waals surface area contributed by atoms with E-state index in [9.17, 15) is 4.79 Å². The summed E-state index contributed by atoms with van der Waals surface area (Å²) in [6.07, 6.45) is 3.93. The predicted molar refractivity (Wildman–Crippen MR) is 68.0 cm³/mol. The van der Waals surface area contributed by atoms with Gasteiger partial charge in [0.2, 0.25) is 0 Å². The molecule has 1 aliphatic heterocycles. The fourth-order valence-corrected chi connectivity index (χ4v) is 2.41. The predicted octanol–water partition coefficient (Wildman–Crippen LogP) is 0.497. The van der Waals surface area contributed by atoms with Crippen LogP contribution in [0.1, 0.15) is 37.2 Å². The van der Waals surface area contributed by atoms with Crippen molar-refractivity contribution >= 4 is 5.91 Å². The summed E-state index contributed by atoms with van der Waals surface area (Å²) >= 11 is 0. The van der Waals surface area contributed by atoms with Gasteiger partial charge in [0.25, 0.3) is 5.91 Å². The summed E-state index contributed by atoms with van der Waals surface area (Å²) < 4.78 is 1.62. The molecule has 6 heteroatoms. The molecule has 100 valence electrons. The Bertz CT molecular complexity index is 416. The van der Waals surface area contributed by atoms with Gasteiger partial charge in [-0.05, 0) is 25.7 Å². The number of hydrogen-bond acceptors (Lipinski definition) is 4. The molecule has 1 aromatic heterocycles. The number of amides is 1. The third-order valence-electron chi connectivity index (χ3n) is 3.75. The smallest absolute Gasteiger partial charge is 0.276 e. The van der Waals surface area contributed by atoms with Gasteiger partial charge in [0, 0.05) is 19.1 Å². The van der Waals surface area contributed by atoms with Crippen molar-refractivity contribution in [3.05, 3.63) is 11.9 Å². The molecule has 1 amide bonds. The molecule has 1 aromatic rings. The molecular formula is C12H21N5O. The monoisotopic (exact) mass is 251 g/mol. The average Bonchev–Trinajstić information content (AvgIpc) is 2.81. The molecule has 2 N–H and O–H groups in total. The fraction of sp³-hybridized carbons (Fsp3) is 0.750. The third-order valence-corrected chi connectivity index (χ3v) is 3.75. The minimum atomic E-state index is -0.0164. The summed E-state index contributed by atoms with van der Waals surface area (Å²) in [6.45, 7) is 6.19. The van der Waals surface area contributed by atoms with Gasteiger partial charge < -0.3 is 10.6 Å². The van der Waals surface area contributed by atoms with E-state index in [1.807, 2.05) is 4.90 Å².